The zero-order valence-electron chi connectivity index (χ0n) is 21.5. The average Bonchev–Trinajstić information content (AvgIpc) is 3.59. The minimum absolute atomic E-state index is 0.141. The molecule has 1 fully saturated rings. The molecule has 6 rings (SSSR count). The van der Waals surface area contributed by atoms with Gasteiger partial charge in [0.25, 0.3) is 5.91 Å². The average molecular weight is 484 g/mol. The Hall–Kier alpha value is -3.55. The minimum atomic E-state index is -0.236. The van der Waals surface area contributed by atoms with Crippen molar-refractivity contribution in [1.82, 2.24) is 29.5 Å². The molecule has 1 saturated carbocycles. The number of nitrogens with one attached hydrogen (secondary N) is 1. The molecule has 4 heterocycles. The fourth-order valence-electron chi connectivity index (χ4n) is 5.18. The number of hydrogen-bond acceptors (Lipinski definition) is 5. The second-order valence-electron chi connectivity index (χ2n) is 11.2. The van der Waals surface area contributed by atoms with Crippen molar-refractivity contribution in [3.63, 3.8) is 0 Å². The summed E-state index contributed by atoms with van der Waals surface area (Å²) in [5.74, 6) is 2.21. The van der Waals surface area contributed by atoms with Crippen LogP contribution >= 0.6 is 0 Å². The van der Waals surface area contributed by atoms with Crippen molar-refractivity contribution in [1.29, 1.82) is 0 Å². The number of carbonyl (C=O) groups is 1. The first kappa shape index (κ1) is 22.9. The Morgan fingerprint density at radius 1 is 1.08 bits per heavy atom. The van der Waals surface area contributed by atoms with Crippen LogP contribution in [0.4, 0.5) is 5.69 Å². The Morgan fingerprint density at radius 2 is 1.92 bits per heavy atom. The Bertz CT molecular complexity index is 1470. The topological polar surface area (TPSA) is 90.5 Å². The van der Waals surface area contributed by atoms with Gasteiger partial charge in [0.2, 0.25) is 0 Å². The number of nitrogens with zero attached hydrogens (tertiary/aromatic N) is 6. The zero-order valence-corrected chi connectivity index (χ0v) is 21.5. The Kier molecular flexibility index (Phi) is 5.43. The molecule has 8 nitrogen and oxygen atoms in total. The molecule has 8 heteroatoms. The summed E-state index contributed by atoms with van der Waals surface area (Å²) in [4.78, 5) is 18.7. The predicted octanol–water partition coefficient (Wildman–Crippen LogP) is 5.61. The molecule has 1 aromatic carbocycles. The van der Waals surface area contributed by atoms with Crippen LogP contribution in [-0.4, -0.2) is 35.4 Å². The van der Waals surface area contributed by atoms with Crippen molar-refractivity contribution in [2.45, 2.75) is 84.2 Å². The lowest BCUT2D eigenvalue weighted by molar-refractivity contribution is 0.102. The van der Waals surface area contributed by atoms with Gasteiger partial charge in [-0.05, 0) is 71.6 Å². The molecule has 1 aliphatic carbocycles. The number of aromatic nitrogens is 6. The van der Waals surface area contributed by atoms with Crippen LogP contribution in [0.3, 0.4) is 0 Å². The van der Waals surface area contributed by atoms with Gasteiger partial charge in [0.05, 0.1) is 22.2 Å². The van der Waals surface area contributed by atoms with E-state index in [0.717, 1.165) is 84.0 Å². The maximum absolute atomic E-state index is 13.7. The molecule has 1 aliphatic heterocycles. The molecule has 3 aromatic heterocycles. The van der Waals surface area contributed by atoms with Crippen LogP contribution in [0.15, 0.2) is 30.3 Å². The number of hydrogen-bond donors (Lipinski definition) is 1. The van der Waals surface area contributed by atoms with Gasteiger partial charge in [-0.15, -0.1) is 10.2 Å². The predicted molar refractivity (Wildman–Crippen MR) is 140 cm³/mol. The molecule has 0 unspecified atom stereocenters. The lowest BCUT2D eigenvalue weighted by Gasteiger charge is -2.20. The van der Waals surface area contributed by atoms with Gasteiger partial charge in [-0.2, -0.15) is 5.10 Å². The summed E-state index contributed by atoms with van der Waals surface area (Å²) in [7, 11) is 0. The van der Waals surface area contributed by atoms with Crippen molar-refractivity contribution >= 4 is 22.6 Å². The summed E-state index contributed by atoms with van der Waals surface area (Å²) < 4.78 is 4.18. The van der Waals surface area contributed by atoms with Crippen molar-refractivity contribution in [3.05, 3.63) is 53.1 Å². The van der Waals surface area contributed by atoms with Crippen LogP contribution in [0, 0.1) is 6.92 Å². The highest BCUT2D eigenvalue weighted by Gasteiger charge is 2.30. The van der Waals surface area contributed by atoms with Gasteiger partial charge >= 0.3 is 0 Å². The maximum Gasteiger partial charge on any atom is 0.256 e. The van der Waals surface area contributed by atoms with Gasteiger partial charge in [-0.1, -0.05) is 18.6 Å². The summed E-state index contributed by atoms with van der Waals surface area (Å²) in [6, 6.07) is 9.88. The Labute approximate surface area is 211 Å². The molecule has 186 valence electrons. The quantitative estimate of drug-likeness (QED) is 0.407. The fraction of sp³-hybridized carbons (Fsp3) is 0.464. The van der Waals surface area contributed by atoms with Crippen molar-refractivity contribution in [2.75, 3.05) is 5.32 Å². The minimum Gasteiger partial charge on any atom is -0.322 e. The molecular weight excluding hydrogens is 450 g/mol. The summed E-state index contributed by atoms with van der Waals surface area (Å²) >= 11 is 0. The molecule has 1 N–H and O–H groups in total. The molecule has 1 amide bonds. The number of rotatable bonds is 4. The summed E-state index contributed by atoms with van der Waals surface area (Å²) in [6.45, 7) is 9.23. The van der Waals surface area contributed by atoms with E-state index in [1.54, 1.807) is 0 Å². The SMILES string of the molecule is Cc1nn(C(C)(C)C)c2nc(C3CC3)cc(C(=O)Nc3cccc(-c4nnc5n4CCCCC5)c3)c12. The highest BCUT2D eigenvalue weighted by Crippen LogP contribution is 2.41. The van der Waals surface area contributed by atoms with Crippen LogP contribution in [0.5, 0.6) is 0 Å². The Morgan fingerprint density at radius 3 is 2.69 bits per heavy atom. The second-order valence-corrected chi connectivity index (χ2v) is 11.2. The number of amides is 1. The van der Waals surface area contributed by atoms with Crippen LogP contribution < -0.4 is 5.32 Å². The maximum atomic E-state index is 13.7. The zero-order chi connectivity index (χ0) is 25.0. The van der Waals surface area contributed by atoms with Crippen molar-refractivity contribution in [3.8, 4) is 11.4 Å². The first-order valence-electron chi connectivity index (χ1n) is 13.0. The molecule has 4 aromatic rings. The van der Waals surface area contributed by atoms with Gasteiger partial charge in [0.15, 0.2) is 11.5 Å². The lowest BCUT2D eigenvalue weighted by Crippen LogP contribution is -2.23. The van der Waals surface area contributed by atoms with E-state index < -0.39 is 0 Å². The molecule has 0 saturated heterocycles. The Balaban J connectivity index is 1.37. The van der Waals surface area contributed by atoms with Crippen LogP contribution in [-0.2, 0) is 18.5 Å². The standard InChI is InChI=1S/C28H33N7O/c1-17-24-21(16-22(18-12-13-18)30-26(24)35(33-17)28(2,3)4)27(36)29-20-10-8-9-19(15-20)25-32-31-23-11-6-5-7-14-34(23)25/h8-10,15-16,18H,5-7,11-14H2,1-4H3,(H,29,36). The number of aryl methyl sites for hydroxylation is 2. The summed E-state index contributed by atoms with van der Waals surface area (Å²) in [6.07, 6.45) is 6.71. The monoisotopic (exact) mass is 483 g/mol. The van der Waals surface area contributed by atoms with Crippen molar-refractivity contribution < 1.29 is 4.79 Å². The third-order valence-electron chi connectivity index (χ3n) is 7.20. The van der Waals surface area contributed by atoms with Crippen LogP contribution in [0.2, 0.25) is 0 Å². The molecular formula is C28H33N7O. The number of benzene rings is 1. The smallest absolute Gasteiger partial charge is 0.256 e. The largest absolute Gasteiger partial charge is 0.322 e. The normalized spacial score (nSPS) is 16.1. The van der Waals surface area contributed by atoms with E-state index in [1.165, 1.54) is 6.42 Å². The van der Waals surface area contributed by atoms with E-state index in [9.17, 15) is 4.79 Å². The van der Waals surface area contributed by atoms with Gasteiger partial charge in [-0.25, -0.2) is 9.67 Å². The van der Waals surface area contributed by atoms with Gasteiger partial charge in [0, 0.05) is 35.8 Å². The number of anilines is 1. The first-order valence-corrected chi connectivity index (χ1v) is 13.0. The fourth-order valence-corrected chi connectivity index (χ4v) is 5.18. The van der Waals surface area contributed by atoms with Gasteiger partial charge < -0.3 is 9.88 Å². The molecule has 0 spiro atoms. The van der Waals surface area contributed by atoms with Gasteiger partial charge in [-0.3, -0.25) is 4.79 Å². The van der Waals surface area contributed by atoms with Crippen molar-refractivity contribution in [2.24, 2.45) is 0 Å². The van der Waals surface area contributed by atoms with E-state index in [1.807, 2.05) is 41.9 Å². The molecule has 2 aliphatic rings. The third-order valence-corrected chi connectivity index (χ3v) is 7.20. The molecule has 0 bridgehead atoms. The molecule has 0 atom stereocenters. The molecule has 36 heavy (non-hydrogen) atoms. The highest BCUT2D eigenvalue weighted by molar-refractivity contribution is 6.12. The van der Waals surface area contributed by atoms with Gasteiger partial charge in [0.1, 0.15) is 5.82 Å². The third kappa shape index (κ3) is 4.08. The summed E-state index contributed by atoms with van der Waals surface area (Å²) in [5.41, 5.74) is 4.69. The number of fused-ring (bicyclic) bond motifs is 2. The number of pyridine rings is 1. The molecule has 0 radical (unpaired) electrons. The second kappa shape index (κ2) is 8.54. The van der Waals surface area contributed by atoms with E-state index in [4.69, 9.17) is 10.1 Å². The van der Waals surface area contributed by atoms with E-state index in [0.29, 0.717) is 11.5 Å². The van der Waals surface area contributed by atoms with E-state index in [2.05, 4.69) is 40.9 Å². The summed E-state index contributed by atoms with van der Waals surface area (Å²) in [5, 5.41) is 17.7. The lowest BCUT2D eigenvalue weighted by atomic mass is 10.1. The van der Waals surface area contributed by atoms with Crippen LogP contribution in [0.25, 0.3) is 22.4 Å². The van der Waals surface area contributed by atoms with Crippen LogP contribution in [0.1, 0.15) is 86.4 Å². The highest BCUT2D eigenvalue weighted by atomic mass is 16.1. The van der Waals surface area contributed by atoms with E-state index >= 15 is 0 Å². The number of carbonyl (C=O) groups excluding carboxylic acids is 1. The first-order chi connectivity index (χ1) is 17.3. The van der Waals surface area contributed by atoms with E-state index in [-0.39, 0.29) is 11.4 Å².